The van der Waals surface area contributed by atoms with Crippen molar-refractivity contribution in [2.24, 2.45) is 11.5 Å². The molecule has 0 aliphatic carbocycles. The lowest BCUT2D eigenvalue weighted by Gasteiger charge is -2.38. The van der Waals surface area contributed by atoms with Crippen LogP contribution in [0.4, 0.5) is 0 Å². The Bertz CT molecular complexity index is 781. The molecule has 1 aliphatic rings. The molecule has 1 heterocycles. The molecule has 24 heavy (non-hydrogen) atoms. The Labute approximate surface area is 145 Å². The van der Waals surface area contributed by atoms with Crippen LogP contribution in [0, 0.1) is 0 Å². The molecule has 126 valence electrons. The summed E-state index contributed by atoms with van der Waals surface area (Å²) in [4.78, 5) is 11.5. The lowest BCUT2D eigenvalue weighted by Crippen LogP contribution is -2.53. The third-order valence-electron chi connectivity index (χ3n) is 4.21. The first-order valence-corrected chi connectivity index (χ1v) is 8.11. The van der Waals surface area contributed by atoms with Gasteiger partial charge < -0.3 is 21.5 Å². The fraction of sp³-hybridized carbons (Fsp3) is 0.278. The fourth-order valence-corrected chi connectivity index (χ4v) is 3.20. The van der Waals surface area contributed by atoms with Gasteiger partial charge in [-0.1, -0.05) is 29.8 Å². The minimum absolute atomic E-state index is 0.347. The van der Waals surface area contributed by atoms with Crippen molar-refractivity contribution >= 4 is 17.5 Å². The van der Waals surface area contributed by atoms with Gasteiger partial charge in [0.15, 0.2) is 0 Å². The molecule has 2 unspecified atom stereocenters. The van der Waals surface area contributed by atoms with E-state index in [4.69, 9.17) is 27.8 Å². The molecule has 0 radical (unpaired) electrons. The van der Waals surface area contributed by atoms with Gasteiger partial charge >= 0.3 is 0 Å². The number of nitrogens with two attached hydrogens (primary N) is 2. The Kier molecular flexibility index (Phi) is 4.60. The van der Waals surface area contributed by atoms with Crippen LogP contribution in [0.2, 0.25) is 5.02 Å². The molecular formula is C18H20ClN3O2. The van der Waals surface area contributed by atoms with Gasteiger partial charge in [-0.15, -0.1) is 0 Å². The van der Waals surface area contributed by atoms with Crippen LogP contribution in [0.25, 0.3) is 11.1 Å². The second-order valence-electron chi connectivity index (χ2n) is 6.19. The van der Waals surface area contributed by atoms with Crippen LogP contribution in [0.15, 0.2) is 42.5 Å². The summed E-state index contributed by atoms with van der Waals surface area (Å²) in [5.41, 5.74) is 13.9. The Hall–Kier alpha value is -1.92. The summed E-state index contributed by atoms with van der Waals surface area (Å²) >= 11 is 6.12. The lowest BCUT2D eigenvalue weighted by atomic mass is 9.91. The quantitative estimate of drug-likeness (QED) is 0.795. The van der Waals surface area contributed by atoms with Crippen molar-refractivity contribution < 1.29 is 9.53 Å². The van der Waals surface area contributed by atoms with Gasteiger partial charge in [-0.2, -0.15) is 0 Å². The number of carbonyl (C=O) groups is 1. The molecule has 1 amide bonds. The Morgan fingerprint density at radius 3 is 2.79 bits per heavy atom. The number of hydrogen-bond donors (Lipinski definition) is 3. The third kappa shape index (κ3) is 3.44. The van der Waals surface area contributed by atoms with Gasteiger partial charge in [0.1, 0.15) is 11.8 Å². The topological polar surface area (TPSA) is 90.4 Å². The molecule has 5 N–H and O–H groups in total. The maximum atomic E-state index is 11.5. The van der Waals surface area contributed by atoms with Crippen molar-refractivity contribution in [1.82, 2.24) is 5.32 Å². The second kappa shape index (κ2) is 6.53. The van der Waals surface area contributed by atoms with Gasteiger partial charge in [0.2, 0.25) is 5.91 Å². The smallest absolute Gasteiger partial charge is 0.248 e. The van der Waals surface area contributed by atoms with Gasteiger partial charge in [0.25, 0.3) is 0 Å². The van der Waals surface area contributed by atoms with Gasteiger partial charge in [-0.25, -0.2) is 0 Å². The summed E-state index contributed by atoms with van der Waals surface area (Å²) in [6.45, 7) is 3.31. The highest BCUT2D eigenvalue weighted by Gasteiger charge is 2.33. The molecule has 2 atom stereocenters. The average molecular weight is 346 g/mol. The molecule has 1 aliphatic heterocycles. The third-order valence-corrected chi connectivity index (χ3v) is 4.43. The maximum absolute atomic E-state index is 11.5. The maximum Gasteiger partial charge on any atom is 0.248 e. The number of ether oxygens (including phenoxy) is 1. The molecule has 0 spiro atoms. The zero-order valence-electron chi connectivity index (χ0n) is 13.4. The van der Waals surface area contributed by atoms with Crippen molar-refractivity contribution in [2.45, 2.75) is 18.8 Å². The lowest BCUT2D eigenvalue weighted by molar-refractivity contribution is -0.107. The van der Waals surface area contributed by atoms with Crippen LogP contribution in [0.5, 0.6) is 0 Å². The van der Waals surface area contributed by atoms with E-state index in [9.17, 15) is 4.79 Å². The molecule has 3 rings (SSSR count). The van der Waals surface area contributed by atoms with E-state index in [1.54, 1.807) is 18.2 Å². The number of rotatable bonds is 3. The second-order valence-corrected chi connectivity index (χ2v) is 6.63. The van der Waals surface area contributed by atoms with E-state index in [1.807, 2.05) is 31.2 Å². The van der Waals surface area contributed by atoms with E-state index in [0.717, 1.165) is 16.7 Å². The first kappa shape index (κ1) is 16.9. The van der Waals surface area contributed by atoms with Crippen molar-refractivity contribution in [1.29, 1.82) is 0 Å². The molecule has 6 heteroatoms. The summed E-state index contributed by atoms with van der Waals surface area (Å²) in [5.74, 6) is -0.507. The highest BCUT2D eigenvalue weighted by molar-refractivity contribution is 6.31. The monoisotopic (exact) mass is 345 g/mol. The predicted molar refractivity (Wildman–Crippen MR) is 94.7 cm³/mol. The van der Waals surface area contributed by atoms with Crippen molar-refractivity contribution in [3.8, 4) is 11.1 Å². The van der Waals surface area contributed by atoms with E-state index in [-0.39, 0.29) is 6.23 Å². The number of halogens is 1. The molecule has 0 aromatic heterocycles. The van der Waals surface area contributed by atoms with Crippen LogP contribution in [-0.4, -0.2) is 25.2 Å². The Balaban J connectivity index is 2.01. The number of amides is 1. The van der Waals surface area contributed by atoms with Crippen molar-refractivity contribution in [2.75, 3.05) is 13.1 Å². The average Bonchev–Trinajstić information content (AvgIpc) is 2.54. The van der Waals surface area contributed by atoms with Gasteiger partial charge in [-0.3, -0.25) is 4.79 Å². The fourth-order valence-electron chi connectivity index (χ4n) is 2.97. The van der Waals surface area contributed by atoms with E-state index in [0.29, 0.717) is 23.7 Å². The molecule has 2 aromatic rings. The number of benzene rings is 2. The summed E-state index contributed by atoms with van der Waals surface area (Å²) in [7, 11) is 0. The van der Waals surface area contributed by atoms with Crippen molar-refractivity contribution in [3.63, 3.8) is 0 Å². The molecule has 1 fully saturated rings. The van der Waals surface area contributed by atoms with Crippen LogP contribution in [-0.2, 0) is 10.3 Å². The zero-order chi connectivity index (χ0) is 17.3. The normalized spacial score (nSPS) is 23.9. The summed E-state index contributed by atoms with van der Waals surface area (Å²) < 4.78 is 5.95. The van der Waals surface area contributed by atoms with Gasteiger partial charge in [0.05, 0.1) is 0 Å². The first-order valence-electron chi connectivity index (χ1n) is 7.73. The van der Waals surface area contributed by atoms with E-state index in [2.05, 4.69) is 5.32 Å². The molecule has 2 aromatic carbocycles. The number of primary amides is 1. The first-order chi connectivity index (χ1) is 11.4. The highest BCUT2D eigenvalue weighted by atomic mass is 35.5. The largest absolute Gasteiger partial charge is 0.366 e. The number of hydrogen-bond acceptors (Lipinski definition) is 4. The van der Waals surface area contributed by atoms with Gasteiger partial charge in [-0.05, 0) is 47.9 Å². The minimum atomic E-state index is -0.515. The highest BCUT2D eigenvalue weighted by Crippen LogP contribution is 2.32. The zero-order valence-corrected chi connectivity index (χ0v) is 14.1. The summed E-state index contributed by atoms with van der Waals surface area (Å²) in [5, 5.41) is 3.75. The van der Waals surface area contributed by atoms with E-state index in [1.165, 1.54) is 0 Å². The van der Waals surface area contributed by atoms with E-state index >= 15 is 0 Å². The summed E-state index contributed by atoms with van der Waals surface area (Å²) in [6.07, 6.45) is -0.347. The van der Waals surface area contributed by atoms with Crippen LogP contribution < -0.4 is 16.8 Å². The number of morpholine rings is 1. The standard InChI is InChI=1S/C18H20ClN3O2/c1-18(10-22-9-16(20)24-18)14-4-2-3-11(6-14)12-5-13(17(21)23)8-15(19)7-12/h2-8,16,22H,9-10,20H2,1H3,(H2,21,23). The van der Waals surface area contributed by atoms with Gasteiger partial charge in [0, 0.05) is 23.7 Å². The Morgan fingerprint density at radius 1 is 1.29 bits per heavy atom. The van der Waals surface area contributed by atoms with Crippen molar-refractivity contribution in [3.05, 3.63) is 58.6 Å². The molecular weight excluding hydrogens is 326 g/mol. The van der Waals surface area contributed by atoms with E-state index < -0.39 is 11.5 Å². The number of nitrogens with one attached hydrogen (secondary N) is 1. The molecule has 0 bridgehead atoms. The SMILES string of the molecule is CC1(c2cccc(-c3cc(Cl)cc(C(N)=O)c3)c2)CNCC(N)O1. The predicted octanol–water partition coefficient (Wildman–Crippen LogP) is 2.23. The minimum Gasteiger partial charge on any atom is -0.366 e. The molecule has 1 saturated heterocycles. The van der Waals surface area contributed by atoms with Crippen LogP contribution in [0.1, 0.15) is 22.8 Å². The molecule has 5 nitrogen and oxygen atoms in total. The Morgan fingerprint density at radius 2 is 2.08 bits per heavy atom. The number of carbonyl (C=O) groups excluding carboxylic acids is 1. The molecule has 0 saturated carbocycles. The summed E-state index contributed by atoms with van der Waals surface area (Å²) in [6, 6.07) is 13.0. The van der Waals surface area contributed by atoms with Crippen LogP contribution in [0.3, 0.4) is 0 Å². The van der Waals surface area contributed by atoms with Crippen LogP contribution >= 0.6 is 11.6 Å².